The van der Waals surface area contributed by atoms with Crippen molar-refractivity contribution in [2.45, 2.75) is 20.0 Å². The molecule has 5 aromatic rings. The summed E-state index contributed by atoms with van der Waals surface area (Å²) in [5.74, 6) is 2.23. The topological polar surface area (TPSA) is 84.9 Å². The Hall–Kier alpha value is -4.61. The number of hydrogen-bond acceptors (Lipinski definition) is 3. The van der Waals surface area contributed by atoms with Crippen molar-refractivity contribution in [2.75, 3.05) is 0 Å². The number of halogens is 1. The van der Waals surface area contributed by atoms with Crippen LogP contribution in [0.1, 0.15) is 27.8 Å². The first-order chi connectivity index (χ1) is 19.0. The zero-order chi connectivity index (χ0) is 27.2. The molecule has 0 aliphatic rings. The number of furan rings is 1. The Balaban J connectivity index is 1.19. The smallest absolute Gasteiger partial charge is 0.134 e. The Morgan fingerprint density at radius 2 is 1.08 bits per heavy atom. The molecule has 0 saturated carbocycles. The largest absolute Gasteiger partial charge is 0.456 e. The van der Waals surface area contributed by atoms with Crippen molar-refractivity contribution in [3.8, 4) is 22.6 Å². The van der Waals surface area contributed by atoms with Crippen molar-refractivity contribution in [3.05, 3.63) is 142 Å². The van der Waals surface area contributed by atoms with E-state index in [2.05, 4.69) is 29.7 Å². The molecule has 0 radical (unpaired) electrons. The van der Waals surface area contributed by atoms with Gasteiger partial charge in [0, 0.05) is 40.4 Å². The van der Waals surface area contributed by atoms with Crippen LogP contribution in [0.5, 0.6) is 0 Å². The fourth-order valence-electron chi connectivity index (χ4n) is 4.27. The lowest BCUT2D eigenvalue weighted by molar-refractivity contribution is 0.597. The summed E-state index contributed by atoms with van der Waals surface area (Å²) in [5, 5.41) is 23.8. The molecule has 5 nitrogen and oxygen atoms in total. The van der Waals surface area contributed by atoms with Crippen molar-refractivity contribution in [2.24, 2.45) is 0 Å². The Morgan fingerprint density at radius 3 is 1.59 bits per heavy atom. The number of benzene rings is 4. The van der Waals surface area contributed by atoms with Crippen LogP contribution in [-0.4, -0.2) is 11.7 Å². The highest BCUT2D eigenvalue weighted by Crippen LogP contribution is 2.29. The van der Waals surface area contributed by atoms with E-state index >= 15 is 0 Å². The van der Waals surface area contributed by atoms with Gasteiger partial charge in [-0.2, -0.15) is 0 Å². The first kappa shape index (κ1) is 26.0. The number of hydrogen-bond donors (Lipinski definition) is 4. The molecule has 5 rings (SSSR count). The second-order valence-corrected chi connectivity index (χ2v) is 9.70. The van der Waals surface area contributed by atoms with Crippen molar-refractivity contribution >= 4 is 23.3 Å². The van der Waals surface area contributed by atoms with Crippen molar-refractivity contribution < 1.29 is 4.42 Å². The van der Waals surface area contributed by atoms with E-state index in [0.717, 1.165) is 39.3 Å². The number of amidine groups is 2. The van der Waals surface area contributed by atoms with Crippen LogP contribution in [0.4, 0.5) is 0 Å². The van der Waals surface area contributed by atoms with Crippen LogP contribution >= 0.6 is 11.6 Å². The molecule has 6 heteroatoms. The van der Waals surface area contributed by atoms with Gasteiger partial charge in [-0.15, -0.1) is 0 Å². The molecule has 39 heavy (non-hydrogen) atoms. The summed E-state index contributed by atoms with van der Waals surface area (Å²) in [5.41, 5.74) is 6.82. The maximum atomic E-state index is 8.41. The molecule has 1 aromatic heterocycles. The highest BCUT2D eigenvalue weighted by atomic mass is 35.5. The van der Waals surface area contributed by atoms with E-state index in [4.69, 9.17) is 26.8 Å². The minimum atomic E-state index is 0.334. The second kappa shape index (κ2) is 11.8. The van der Waals surface area contributed by atoms with Gasteiger partial charge in [-0.1, -0.05) is 103 Å². The fourth-order valence-corrected chi connectivity index (χ4v) is 4.47. The lowest BCUT2D eigenvalue weighted by Crippen LogP contribution is -2.23. The van der Waals surface area contributed by atoms with E-state index in [1.165, 1.54) is 11.1 Å². The van der Waals surface area contributed by atoms with Crippen molar-refractivity contribution in [1.82, 2.24) is 10.6 Å². The summed E-state index contributed by atoms with van der Waals surface area (Å²) in [7, 11) is 0. The Kier molecular flexibility index (Phi) is 7.90. The zero-order valence-corrected chi connectivity index (χ0v) is 22.3. The number of rotatable bonds is 8. The van der Waals surface area contributed by atoms with E-state index in [9.17, 15) is 0 Å². The molecule has 4 aromatic carbocycles. The van der Waals surface area contributed by atoms with Gasteiger partial charge in [-0.25, -0.2) is 0 Å². The number of aryl methyl sites for hydroxylation is 1. The molecule has 1 heterocycles. The lowest BCUT2D eigenvalue weighted by atomic mass is 10.1. The predicted molar refractivity (Wildman–Crippen MR) is 160 cm³/mol. The van der Waals surface area contributed by atoms with Gasteiger partial charge in [0.05, 0.1) is 0 Å². The second-order valence-electron chi connectivity index (χ2n) is 9.29. The minimum Gasteiger partial charge on any atom is -0.456 e. The quantitative estimate of drug-likeness (QED) is 0.121. The van der Waals surface area contributed by atoms with Crippen LogP contribution in [0.25, 0.3) is 22.6 Å². The average molecular weight is 533 g/mol. The molecule has 0 aliphatic carbocycles. The average Bonchev–Trinajstić information content (AvgIpc) is 3.47. The van der Waals surface area contributed by atoms with Gasteiger partial charge >= 0.3 is 0 Å². The molecule has 0 fully saturated rings. The predicted octanol–water partition coefficient (Wildman–Crippen LogP) is 7.81. The molecule has 0 spiro atoms. The first-order valence-electron chi connectivity index (χ1n) is 12.7. The molecule has 194 valence electrons. The molecule has 0 bridgehead atoms. The molecule has 0 unspecified atom stereocenters. The SMILES string of the molecule is Cc1ccccc1CNC(=N)c1ccc(-c2ccc(-c3ccc(C(=N)NCc4ccccc4Cl)cc3)o2)cc1. The van der Waals surface area contributed by atoms with Gasteiger partial charge < -0.3 is 15.1 Å². The van der Waals surface area contributed by atoms with Gasteiger partial charge in [0.15, 0.2) is 0 Å². The first-order valence-corrected chi connectivity index (χ1v) is 13.1. The monoisotopic (exact) mass is 532 g/mol. The van der Waals surface area contributed by atoms with Crippen LogP contribution in [0.3, 0.4) is 0 Å². The van der Waals surface area contributed by atoms with Crippen molar-refractivity contribution in [1.29, 1.82) is 10.8 Å². The third-order valence-electron chi connectivity index (χ3n) is 6.65. The van der Waals surface area contributed by atoms with Crippen LogP contribution in [0, 0.1) is 17.7 Å². The summed E-state index contributed by atoms with van der Waals surface area (Å²) in [6.07, 6.45) is 0. The molecule has 0 amide bonds. The maximum Gasteiger partial charge on any atom is 0.134 e. The van der Waals surface area contributed by atoms with E-state index in [1.807, 2.05) is 97.1 Å². The van der Waals surface area contributed by atoms with E-state index < -0.39 is 0 Å². The molecular weight excluding hydrogens is 504 g/mol. The van der Waals surface area contributed by atoms with Gasteiger partial charge in [-0.05, 0) is 41.8 Å². The Labute approximate surface area is 233 Å². The summed E-state index contributed by atoms with van der Waals surface area (Å²) in [6, 6.07) is 35.2. The Morgan fingerprint density at radius 1 is 0.615 bits per heavy atom. The minimum absolute atomic E-state index is 0.334. The van der Waals surface area contributed by atoms with Gasteiger partial charge in [0.1, 0.15) is 23.2 Å². The van der Waals surface area contributed by atoms with Crippen LogP contribution in [0.2, 0.25) is 5.02 Å². The third-order valence-corrected chi connectivity index (χ3v) is 7.02. The Bertz CT molecular complexity index is 1480. The standard InChI is InChI=1S/C33H29ClN4O/c1-22-6-2-3-7-27(22)20-37-32(35)25-14-10-23(11-15-25)30-18-19-31(39-30)24-12-16-26(17-13-24)33(36)38-21-28-8-4-5-9-29(28)34/h2-19H,20-21H2,1H3,(H2,35,37)(H2,36,38). The van der Waals surface area contributed by atoms with Crippen molar-refractivity contribution in [3.63, 3.8) is 0 Å². The van der Waals surface area contributed by atoms with Crippen LogP contribution in [0.15, 0.2) is 114 Å². The van der Waals surface area contributed by atoms with E-state index in [0.29, 0.717) is 29.8 Å². The fraction of sp³-hybridized carbons (Fsp3) is 0.0909. The molecule has 0 atom stereocenters. The highest BCUT2D eigenvalue weighted by molar-refractivity contribution is 6.31. The summed E-state index contributed by atoms with van der Waals surface area (Å²) in [6.45, 7) is 3.18. The van der Waals surface area contributed by atoms with Gasteiger partial charge in [0.25, 0.3) is 0 Å². The molecule has 0 saturated heterocycles. The number of nitrogens with one attached hydrogen (secondary N) is 4. The summed E-state index contributed by atoms with van der Waals surface area (Å²) in [4.78, 5) is 0. The van der Waals surface area contributed by atoms with Gasteiger partial charge in [0.2, 0.25) is 0 Å². The summed E-state index contributed by atoms with van der Waals surface area (Å²) >= 11 is 6.22. The highest BCUT2D eigenvalue weighted by Gasteiger charge is 2.10. The van der Waals surface area contributed by atoms with Crippen LogP contribution in [-0.2, 0) is 13.1 Å². The third kappa shape index (κ3) is 6.28. The van der Waals surface area contributed by atoms with Crippen LogP contribution < -0.4 is 10.6 Å². The van der Waals surface area contributed by atoms with E-state index in [1.54, 1.807) is 0 Å². The summed E-state index contributed by atoms with van der Waals surface area (Å²) < 4.78 is 6.14. The normalized spacial score (nSPS) is 10.7. The molecule has 0 aliphatic heterocycles. The molecule has 4 N–H and O–H groups in total. The lowest BCUT2D eigenvalue weighted by Gasteiger charge is -2.10. The zero-order valence-electron chi connectivity index (χ0n) is 21.6. The van der Waals surface area contributed by atoms with E-state index in [-0.39, 0.29) is 0 Å². The molecular formula is C33H29ClN4O. The van der Waals surface area contributed by atoms with Gasteiger partial charge in [-0.3, -0.25) is 10.8 Å². The maximum absolute atomic E-state index is 8.41.